The summed E-state index contributed by atoms with van der Waals surface area (Å²) in [7, 11) is -7.16. The van der Waals surface area contributed by atoms with Crippen molar-refractivity contribution in [2.45, 2.75) is 44.9 Å². The number of nitrogens with one attached hydrogen (secondary N) is 2. The number of anilines is 2. The average Bonchev–Trinajstić information content (AvgIpc) is 2.45. The van der Waals surface area contributed by atoms with Gasteiger partial charge in [-0.05, 0) is 60.2 Å². The maximum Gasteiger partial charge on any atom is 0.262 e. The summed E-state index contributed by atoms with van der Waals surface area (Å²) in [6.45, 7) is 9.82. The van der Waals surface area contributed by atoms with Gasteiger partial charge in [0, 0.05) is 11.4 Å². The molecule has 27 heavy (non-hydrogen) atoms. The van der Waals surface area contributed by atoms with E-state index in [-0.39, 0.29) is 10.3 Å². The first kappa shape index (κ1) is 21.2. The van der Waals surface area contributed by atoms with Gasteiger partial charge in [-0.15, -0.1) is 0 Å². The van der Waals surface area contributed by atoms with Crippen molar-refractivity contribution in [2.75, 3.05) is 15.7 Å². The highest BCUT2D eigenvalue weighted by molar-refractivity contribution is 7.93. The molecule has 0 spiro atoms. The molecular weight excluding hydrogens is 384 g/mol. The minimum absolute atomic E-state index is 0.0757. The second-order valence-electron chi connectivity index (χ2n) is 7.75. The molecule has 148 valence electrons. The smallest absolute Gasteiger partial charge is 0.262 e. The third-order valence-electron chi connectivity index (χ3n) is 4.04. The average molecular weight is 411 g/mol. The number of aryl methyl sites for hydroxylation is 2. The monoisotopic (exact) mass is 410 g/mol. The molecule has 0 saturated heterocycles. The Kier molecular flexibility index (Phi) is 5.64. The van der Waals surface area contributed by atoms with E-state index in [1.54, 1.807) is 13.8 Å². The van der Waals surface area contributed by atoms with E-state index in [1.165, 1.54) is 24.3 Å². The topological polar surface area (TPSA) is 92.3 Å². The van der Waals surface area contributed by atoms with Crippen LogP contribution in [0.15, 0.2) is 41.3 Å². The molecule has 8 heteroatoms. The van der Waals surface area contributed by atoms with Crippen LogP contribution in [0.1, 0.15) is 37.5 Å². The van der Waals surface area contributed by atoms with Crippen LogP contribution in [0.5, 0.6) is 0 Å². The Morgan fingerprint density at radius 3 is 1.56 bits per heavy atom. The van der Waals surface area contributed by atoms with Crippen LogP contribution in [0.4, 0.5) is 11.4 Å². The molecule has 0 amide bonds. The summed E-state index contributed by atoms with van der Waals surface area (Å²) in [5, 5.41) is 0. The summed E-state index contributed by atoms with van der Waals surface area (Å²) in [4.78, 5) is 0.258. The standard InChI is InChI=1S/C19H26N2O4S2/c1-13-11-15(19(3,4)5)12-14(2)18(13)27(24,25)21-17-9-7-16(8-10-17)20-26(6,22)23/h7-12,20-21H,1-6H3. The number of hydrogen-bond donors (Lipinski definition) is 2. The van der Waals surface area contributed by atoms with Gasteiger partial charge in [0.25, 0.3) is 10.0 Å². The third kappa shape index (κ3) is 5.46. The summed E-state index contributed by atoms with van der Waals surface area (Å²) >= 11 is 0. The fraction of sp³-hybridized carbons (Fsp3) is 0.368. The summed E-state index contributed by atoms with van der Waals surface area (Å²) < 4.78 is 53.2. The predicted octanol–water partition coefficient (Wildman–Crippen LogP) is 3.77. The Morgan fingerprint density at radius 2 is 1.19 bits per heavy atom. The molecule has 0 atom stereocenters. The van der Waals surface area contributed by atoms with Gasteiger partial charge in [0.2, 0.25) is 10.0 Å². The van der Waals surface area contributed by atoms with E-state index in [2.05, 4.69) is 30.2 Å². The van der Waals surface area contributed by atoms with Gasteiger partial charge in [-0.2, -0.15) is 0 Å². The molecule has 2 N–H and O–H groups in total. The first-order valence-electron chi connectivity index (χ1n) is 8.41. The Hall–Kier alpha value is -2.06. The Labute approximate surface area is 162 Å². The van der Waals surface area contributed by atoms with Crippen LogP contribution in [-0.4, -0.2) is 23.1 Å². The highest BCUT2D eigenvalue weighted by atomic mass is 32.2. The molecule has 0 fully saturated rings. The van der Waals surface area contributed by atoms with Crippen LogP contribution in [0.25, 0.3) is 0 Å². The molecule has 0 unspecified atom stereocenters. The predicted molar refractivity (Wildman–Crippen MR) is 110 cm³/mol. The Morgan fingerprint density at radius 1 is 0.778 bits per heavy atom. The van der Waals surface area contributed by atoms with Gasteiger partial charge in [0.15, 0.2) is 0 Å². The molecular formula is C19H26N2O4S2. The van der Waals surface area contributed by atoms with Gasteiger partial charge in [-0.1, -0.05) is 32.9 Å². The normalized spacial score (nSPS) is 12.7. The van der Waals surface area contributed by atoms with E-state index in [4.69, 9.17) is 0 Å². The Bertz CT molecular complexity index is 1030. The maximum absolute atomic E-state index is 12.9. The lowest BCUT2D eigenvalue weighted by atomic mass is 9.85. The zero-order chi connectivity index (χ0) is 20.6. The number of benzene rings is 2. The van der Waals surface area contributed by atoms with Crippen molar-refractivity contribution >= 4 is 31.4 Å². The summed E-state index contributed by atoms with van der Waals surface area (Å²) in [5.74, 6) is 0. The summed E-state index contributed by atoms with van der Waals surface area (Å²) in [6.07, 6.45) is 1.05. The highest BCUT2D eigenvalue weighted by Gasteiger charge is 2.23. The van der Waals surface area contributed by atoms with Crippen LogP contribution < -0.4 is 9.44 Å². The minimum Gasteiger partial charge on any atom is -0.284 e. The fourth-order valence-corrected chi connectivity index (χ4v) is 4.91. The van der Waals surface area contributed by atoms with E-state index in [0.717, 1.165) is 11.8 Å². The number of hydrogen-bond acceptors (Lipinski definition) is 4. The first-order chi connectivity index (χ1) is 12.2. The van der Waals surface area contributed by atoms with Gasteiger partial charge in [0.1, 0.15) is 0 Å². The molecule has 2 aromatic carbocycles. The van der Waals surface area contributed by atoms with Crippen LogP contribution >= 0.6 is 0 Å². The lowest BCUT2D eigenvalue weighted by Gasteiger charge is -2.22. The van der Waals surface area contributed by atoms with Crippen molar-refractivity contribution in [3.8, 4) is 0 Å². The van der Waals surface area contributed by atoms with Crippen molar-refractivity contribution in [1.82, 2.24) is 0 Å². The highest BCUT2D eigenvalue weighted by Crippen LogP contribution is 2.30. The second kappa shape index (κ2) is 7.16. The summed E-state index contributed by atoms with van der Waals surface area (Å²) in [6, 6.07) is 9.84. The molecule has 0 aliphatic rings. The largest absolute Gasteiger partial charge is 0.284 e. The lowest BCUT2D eigenvalue weighted by molar-refractivity contribution is 0.585. The molecule has 0 heterocycles. The van der Waals surface area contributed by atoms with Crippen molar-refractivity contribution in [3.05, 3.63) is 53.1 Å². The molecule has 0 aliphatic carbocycles. The summed E-state index contributed by atoms with van der Waals surface area (Å²) in [5.41, 5.74) is 3.08. The van der Waals surface area contributed by atoms with Crippen molar-refractivity contribution in [1.29, 1.82) is 0 Å². The van der Waals surface area contributed by atoms with Gasteiger partial charge >= 0.3 is 0 Å². The van der Waals surface area contributed by atoms with Crippen LogP contribution in [0, 0.1) is 13.8 Å². The Balaban J connectivity index is 2.34. The van der Waals surface area contributed by atoms with E-state index in [1.807, 2.05) is 12.1 Å². The molecule has 2 rings (SSSR count). The molecule has 0 aliphatic heterocycles. The molecule has 0 aromatic heterocycles. The van der Waals surface area contributed by atoms with Crippen molar-refractivity contribution in [2.24, 2.45) is 0 Å². The van der Waals surface area contributed by atoms with Crippen LogP contribution in [0.2, 0.25) is 0 Å². The van der Waals surface area contributed by atoms with Gasteiger partial charge in [-0.3, -0.25) is 9.44 Å². The van der Waals surface area contributed by atoms with E-state index in [0.29, 0.717) is 22.5 Å². The number of rotatable bonds is 5. The fourth-order valence-electron chi connectivity index (χ4n) is 2.83. The molecule has 2 aromatic rings. The quantitative estimate of drug-likeness (QED) is 0.785. The van der Waals surface area contributed by atoms with Crippen LogP contribution in [-0.2, 0) is 25.5 Å². The van der Waals surface area contributed by atoms with Crippen molar-refractivity contribution in [3.63, 3.8) is 0 Å². The number of sulfonamides is 2. The van der Waals surface area contributed by atoms with E-state index < -0.39 is 20.0 Å². The third-order valence-corrected chi connectivity index (χ3v) is 6.33. The van der Waals surface area contributed by atoms with Gasteiger partial charge < -0.3 is 0 Å². The maximum atomic E-state index is 12.9. The first-order valence-corrected chi connectivity index (χ1v) is 11.8. The van der Waals surface area contributed by atoms with Gasteiger partial charge in [0.05, 0.1) is 11.2 Å². The van der Waals surface area contributed by atoms with Gasteiger partial charge in [-0.25, -0.2) is 16.8 Å². The zero-order valence-corrected chi connectivity index (χ0v) is 18.0. The lowest BCUT2D eigenvalue weighted by Crippen LogP contribution is -2.18. The zero-order valence-electron chi connectivity index (χ0n) is 16.4. The second-order valence-corrected chi connectivity index (χ2v) is 11.1. The van der Waals surface area contributed by atoms with E-state index >= 15 is 0 Å². The molecule has 6 nitrogen and oxygen atoms in total. The molecule has 0 bridgehead atoms. The van der Waals surface area contributed by atoms with Crippen molar-refractivity contribution < 1.29 is 16.8 Å². The SMILES string of the molecule is Cc1cc(C(C)(C)C)cc(C)c1S(=O)(=O)Nc1ccc(NS(C)(=O)=O)cc1. The molecule has 0 radical (unpaired) electrons. The minimum atomic E-state index is -3.77. The van der Waals surface area contributed by atoms with Crippen LogP contribution in [0.3, 0.4) is 0 Å². The van der Waals surface area contributed by atoms with E-state index in [9.17, 15) is 16.8 Å². The molecule has 0 saturated carbocycles.